The summed E-state index contributed by atoms with van der Waals surface area (Å²) in [7, 11) is 0. The van der Waals surface area contributed by atoms with Crippen LogP contribution in [0, 0.1) is 13.8 Å². The molecule has 0 spiro atoms. The summed E-state index contributed by atoms with van der Waals surface area (Å²) >= 11 is 0. The number of nitrogen functional groups attached to an aromatic ring is 1. The van der Waals surface area contributed by atoms with Crippen molar-refractivity contribution in [1.82, 2.24) is 15.0 Å². The van der Waals surface area contributed by atoms with Gasteiger partial charge in [-0.2, -0.15) is 4.98 Å². The molecule has 0 saturated heterocycles. The van der Waals surface area contributed by atoms with Crippen molar-refractivity contribution >= 4 is 11.9 Å². The first-order valence-corrected chi connectivity index (χ1v) is 6.44. The maximum absolute atomic E-state index is 5.57. The normalized spacial score (nSPS) is 17.3. The molecule has 98 valence electrons. The summed E-state index contributed by atoms with van der Waals surface area (Å²) in [6.45, 7) is 4.30. The third kappa shape index (κ3) is 2.23. The van der Waals surface area contributed by atoms with Gasteiger partial charge in [-0.3, -0.25) is 0 Å². The van der Waals surface area contributed by atoms with Crippen LogP contribution in [-0.2, 0) is 6.42 Å². The molecular weight excluding hydrogens is 238 g/mol. The van der Waals surface area contributed by atoms with Gasteiger partial charge in [0.1, 0.15) is 6.33 Å². The van der Waals surface area contributed by atoms with Crippen LogP contribution >= 0.6 is 0 Å². The highest BCUT2D eigenvalue weighted by molar-refractivity contribution is 5.45. The highest BCUT2D eigenvalue weighted by Crippen LogP contribution is 2.34. The first-order valence-electron chi connectivity index (χ1n) is 6.44. The summed E-state index contributed by atoms with van der Waals surface area (Å²) in [5, 5.41) is 3.34. The zero-order valence-corrected chi connectivity index (χ0v) is 11.1. The highest BCUT2D eigenvalue weighted by atomic mass is 15.2. The van der Waals surface area contributed by atoms with Crippen molar-refractivity contribution in [3.05, 3.63) is 40.7 Å². The molecule has 0 bridgehead atoms. The number of fused-ring (bicyclic) bond motifs is 1. The average molecular weight is 255 g/mol. The van der Waals surface area contributed by atoms with Crippen LogP contribution in [0.25, 0.3) is 0 Å². The van der Waals surface area contributed by atoms with Gasteiger partial charge in [-0.05, 0) is 48.9 Å². The molecular formula is C14H17N5. The zero-order valence-electron chi connectivity index (χ0n) is 11.1. The van der Waals surface area contributed by atoms with Crippen LogP contribution in [-0.4, -0.2) is 15.0 Å². The fourth-order valence-corrected chi connectivity index (χ4v) is 2.58. The number of hydrogen-bond donors (Lipinski definition) is 2. The van der Waals surface area contributed by atoms with E-state index >= 15 is 0 Å². The smallest absolute Gasteiger partial charge is 0.227 e. The van der Waals surface area contributed by atoms with Gasteiger partial charge in [0, 0.05) is 0 Å². The molecule has 0 fully saturated rings. The molecule has 0 amide bonds. The Bertz CT molecular complexity index is 623. The minimum Gasteiger partial charge on any atom is -0.368 e. The molecule has 1 aromatic heterocycles. The lowest BCUT2D eigenvalue weighted by Crippen LogP contribution is -2.11. The molecule has 1 aliphatic rings. The van der Waals surface area contributed by atoms with E-state index in [1.807, 2.05) is 0 Å². The van der Waals surface area contributed by atoms with Crippen LogP contribution < -0.4 is 11.1 Å². The van der Waals surface area contributed by atoms with Gasteiger partial charge in [-0.1, -0.05) is 12.1 Å². The third-order valence-corrected chi connectivity index (χ3v) is 3.73. The van der Waals surface area contributed by atoms with E-state index in [0.29, 0.717) is 5.95 Å². The van der Waals surface area contributed by atoms with E-state index in [-0.39, 0.29) is 12.0 Å². The van der Waals surface area contributed by atoms with Crippen molar-refractivity contribution < 1.29 is 0 Å². The van der Waals surface area contributed by atoms with E-state index in [9.17, 15) is 0 Å². The molecule has 1 atom stereocenters. The summed E-state index contributed by atoms with van der Waals surface area (Å²) in [6.07, 6.45) is 3.58. The lowest BCUT2D eigenvalue weighted by atomic mass is 10.0. The standard InChI is InChI=1S/C14H17N5/c1-8-5-10-3-4-12(11(10)6-9(8)2)18-14-17-7-16-13(15)19-14/h5-7,12H,3-4H2,1-2H3,(H3,15,16,17,18,19)/t12-/m0/s1. The Labute approximate surface area is 112 Å². The first-order chi connectivity index (χ1) is 9.13. The van der Waals surface area contributed by atoms with E-state index in [0.717, 1.165) is 12.8 Å². The summed E-state index contributed by atoms with van der Waals surface area (Å²) in [5.41, 5.74) is 11.0. The van der Waals surface area contributed by atoms with Gasteiger partial charge in [0.25, 0.3) is 0 Å². The maximum Gasteiger partial charge on any atom is 0.227 e. The molecule has 0 saturated carbocycles. The number of aryl methyl sites for hydroxylation is 3. The van der Waals surface area contributed by atoms with Gasteiger partial charge >= 0.3 is 0 Å². The van der Waals surface area contributed by atoms with Crippen LogP contribution in [0.3, 0.4) is 0 Å². The van der Waals surface area contributed by atoms with E-state index in [1.54, 1.807) is 0 Å². The van der Waals surface area contributed by atoms with Crippen LogP contribution in [0.1, 0.15) is 34.7 Å². The number of anilines is 2. The van der Waals surface area contributed by atoms with E-state index < -0.39 is 0 Å². The Balaban J connectivity index is 1.88. The fraction of sp³-hybridized carbons (Fsp3) is 0.357. The Kier molecular flexibility index (Phi) is 2.81. The average Bonchev–Trinajstić information content (AvgIpc) is 2.73. The van der Waals surface area contributed by atoms with Crippen molar-refractivity contribution in [3.63, 3.8) is 0 Å². The van der Waals surface area contributed by atoms with Crippen molar-refractivity contribution in [2.45, 2.75) is 32.7 Å². The van der Waals surface area contributed by atoms with Crippen LogP contribution in [0.15, 0.2) is 18.5 Å². The van der Waals surface area contributed by atoms with Gasteiger partial charge in [0.15, 0.2) is 0 Å². The topological polar surface area (TPSA) is 76.7 Å². The first kappa shape index (κ1) is 11.9. The molecule has 19 heavy (non-hydrogen) atoms. The monoisotopic (exact) mass is 255 g/mol. The SMILES string of the molecule is Cc1cc2c(cc1C)[C@@H](Nc1ncnc(N)n1)CC2. The molecule has 1 aliphatic carbocycles. The molecule has 1 heterocycles. The second-order valence-electron chi connectivity index (χ2n) is 5.04. The van der Waals surface area contributed by atoms with Crippen LogP contribution in [0.4, 0.5) is 11.9 Å². The van der Waals surface area contributed by atoms with E-state index in [1.165, 1.54) is 28.6 Å². The minimum absolute atomic E-state index is 0.246. The van der Waals surface area contributed by atoms with Crippen LogP contribution in [0.2, 0.25) is 0 Å². The van der Waals surface area contributed by atoms with Crippen molar-refractivity contribution in [2.24, 2.45) is 0 Å². The summed E-state index contributed by atoms with van der Waals surface area (Å²) in [6, 6.07) is 4.81. The number of nitrogens with two attached hydrogens (primary N) is 1. The lowest BCUT2D eigenvalue weighted by Gasteiger charge is -2.15. The highest BCUT2D eigenvalue weighted by Gasteiger charge is 2.23. The minimum atomic E-state index is 0.246. The molecule has 5 nitrogen and oxygen atoms in total. The van der Waals surface area contributed by atoms with Gasteiger partial charge in [0.05, 0.1) is 6.04 Å². The molecule has 5 heteroatoms. The molecule has 0 aliphatic heterocycles. The number of aromatic nitrogens is 3. The Morgan fingerprint density at radius 1 is 1.21 bits per heavy atom. The maximum atomic E-state index is 5.57. The molecule has 2 aromatic rings. The molecule has 3 N–H and O–H groups in total. The molecule has 3 rings (SSSR count). The van der Waals surface area contributed by atoms with Crippen molar-refractivity contribution in [2.75, 3.05) is 11.1 Å². The van der Waals surface area contributed by atoms with Crippen molar-refractivity contribution in [3.8, 4) is 0 Å². The van der Waals surface area contributed by atoms with Gasteiger partial charge < -0.3 is 11.1 Å². The predicted molar refractivity (Wildman–Crippen MR) is 74.8 cm³/mol. The van der Waals surface area contributed by atoms with Gasteiger partial charge in [0.2, 0.25) is 11.9 Å². The Morgan fingerprint density at radius 2 is 2.00 bits per heavy atom. The number of nitrogens with zero attached hydrogens (tertiary/aromatic N) is 3. The largest absolute Gasteiger partial charge is 0.368 e. The van der Waals surface area contributed by atoms with E-state index in [4.69, 9.17) is 5.73 Å². The van der Waals surface area contributed by atoms with Crippen molar-refractivity contribution in [1.29, 1.82) is 0 Å². The number of nitrogens with one attached hydrogen (secondary N) is 1. The Hall–Kier alpha value is -2.17. The third-order valence-electron chi connectivity index (χ3n) is 3.73. The van der Waals surface area contributed by atoms with Crippen LogP contribution in [0.5, 0.6) is 0 Å². The number of hydrogen-bond acceptors (Lipinski definition) is 5. The summed E-state index contributed by atoms with van der Waals surface area (Å²) < 4.78 is 0. The lowest BCUT2D eigenvalue weighted by molar-refractivity contribution is 0.749. The summed E-state index contributed by atoms with van der Waals surface area (Å²) in [5.74, 6) is 0.791. The quantitative estimate of drug-likeness (QED) is 0.860. The molecule has 1 aromatic carbocycles. The second kappa shape index (κ2) is 4.50. The van der Waals surface area contributed by atoms with E-state index in [2.05, 4.69) is 46.2 Å². The van der Waals surface area contributed by atoms with Gasteiger partial charge in [-0.15, -0.1) is 0 Å². The number of rotatable bonds is 2. The molecule has 0 radical (unpaired) electrons. The second-order valence-corrected chi connectivity index (χ2v) is 5.04. The fourth-order valence-electron chi connectivity index (χ4n) is 2.58. The van der Waals surface area contributed by atoms with Gasteiger partial charge in [-0.25, -0.2) is 9.97 Å². The Morgan fingerprint density at radius 3 is 2.79 bits per heavy atom. The molecule has 0 unspecified atom stereocenters. The predicted octanol–water partition coefficient (Wildman–Crippen LogP) is 2.17. The number of benzene rings is 1. The summed E-state index contributed by atoms with van der Waals surface area (Å²) in [4.78, 5) is 12.0. The zero-order chi connectivity index (χ0) is 13.4.